The van der Waals surface area contributed by atoms with E-state index in [4.69, 9.17) is 0 Å². The lowest BCUT2D eigenvalue weighted by Gasteiger charge is -2.22. The lowest BCUT2D eigenvalue weighted by molar-refractivity contribution is 0.393. The Kier molecular flexibility index (Phi) is 4.46. The molecule has 122 valence electrons. The Labute approximate surface area is 136 Å². The van der Waals surface area contributed by atoms with Gasteiger partial charge in [-0.1, -0.05) is 18.2 Å². The molecule has 1 aromatic carbocycles. The summed E-state index contributed by atoms with van der Waals surface area (Å²) < 4.78 is 38.3. The van der Waals surface area contributed by atoms with Crippen LogP contribution in [0, 0.1) is 5.82 Å². The van der Waals surface area contributed by atoms with E-state index < -0.39 is 10.0 Å². The Morgan fingerprint density at radius 1 is 1.22 bits per heavy atom. The van der Waals surface area contributed by atoms with Gasteiger partial charge < -0.3 is 0 Å². The molecule has 1 saturated heterocycles. The molecule has 0 radical (unpaired) electrons. The molecule has 0 amide bonds. The minimum absolute atomic E-state index is 0.182. The Bertz CT molecular complexity index is 790. The first-order valence-corrected chi connectivity index (χ1v) is 9.45. The van der Waals surface area contributed by atoms with E-state index in [1.54, 1.807) is 12.1 Å². The summed E-state index contributed by atoms with van der Waals surface area (Å²) in [5, 5.41) is 0. The normalized spacial score (nSPS) is 19.1. The highest BCUT2D eigenvalue weighted by Gasteiger charge is 2.33. The minimum atomic E-state index is -3.22. The molecule has 0 saturated carbocycles. The van der Waals surface area contributed by atoms with E-state index in [0.717, 1.165) is 29.8 Å². The number of hydrogen-bond donors (Lipinski definition) is 0. The SMILES string of the molecule is CS(=O)(=O)N1CCCC1c1cccc(Cc2ccc(F)cc2)n1. The van der Waals surface area contributed by atoms with E-state index in [2.05, 4.69) is 4.98 Å². The number of halogens is 1. The van der Waals surface area contributed by atoms with Crippen LogP contribution in [0.5, 0.6) is 0 Å². The second-order valence-corrected chi connectivity index (χ2v) is 7.82. The molecule has 0 aliphatic carbocycles. The second kappa shape index (κ2) is 6.37. The van der Waals surface area contributed by atoms with Gasteiger partial charge in [0, 0.05) is 18.7 Å². The molecule has 1 aliphatic rings. The van der Waals surface area contributed by atoms with Crippen molar-refractivity contribution in [3.63, 3.8) is 0 Å². The smallest absolute Gasteiger partial charge is 0.211 e. The fourth-order valence-electron chi connectivity index (χ4n) is 3.03. The molecule has 6 heteroatoms. The molecule has 0 spiro atoms. The highest BCUT2D eigenvalue weighted by molar-refractivity contribution is 7.88. The van der Waals surface area contributed by atoms with Crippen LogP contribution in [0.3, 0.4) is 0 Å². The maximum absolute atomic E-state index is 13.0. The third-order valence-electron chi connectivity index (χ3n) is 4.10. The summed E-state index contributed by atoms with van der Waals surface area (Å²) >= 11 is 0. The third-order valence-corrected chi connectivity index (χ3v) is 5.39. The van der Waals surface area contributed by atoms with Gasteiger partial charge in [0.05, 0.1) is 18.0 Å². The van der Waals surface area contributed by atoms with Crippen LogP contribution in [-0.4, -0.2) is 30.5 Å². The zero-order valence-electron chi connectivity index (χ0n) is 12.9. The van der Waals surface area contributed by atoms with Crippen molar-refractivity contribution in [1.29, 1.82) is 0 Å². The van der Waals surface area contributed by atoms with Crippen LogP contribution in [-0.2, 0) is 16.4 Å². The minimum Gasteiger partial charge on any atom is -0.256 e. The van der Waals surface area contributed by atoms with Crippen LogP contribution in [0.15, 0.2) is 42.5 Å². The van der Waals surface area contributed by atoms with Crippen molar-refractivity contribution < 1.29 is 12.8 Å². The molecule has 0 N–H and O–H groups in total. The molecule has 23 heavy (non-hydrogen) atoms. The van der Waals surface area contributed by atoms with Crippen LogP contribution in [0.4, 0.5) is 4.39 Å². The van der Waals surface area contributed by atoms with Gasteiger partial charge in [-0.3, -0.25) is 4.98 Å². The van der Waals surface area contributed by atoms with Crippen LogP contribution >= 0.6 is 0 Å². The van der Waals surface area contributed by atoms with Crippen molar-refractivity contribution in [2.24, 2.45) is 0 Å². The summed E-state index contributed by atoms with van der Waals surface area (Å²) in [5.41, 5.74) is 2.62. The predicted octanol–water partition coefficient (Wildman–Crippen LogP) is 2.91. The Morgan fingerprint density at radius 3 is 2.65 bits per heavy atom. The lowest BCUT2D eigenvalue weighted by atomic mass is 10.1. The van der Waals surface area contributed by atoms with Gasteiger partial charge in [0.2, 0.25) is 10.0 Å². The number of rotatable bonds is 4. The van der Waals surface area contributed by atoms with E-state index in [9.17, 15) is 12.8 Å². The first-order valence-electron chi connectivity index (χ1n) is 7.60. The molecule has 1 aliphatic heterocycles. The molecule has 0 bridgehead atoms. The number of pyridine rings is 1. The molecule has 2 aromatic rings. The summed E-state index contributed by atoms with van der Waals surface area (Å²) in [6.07, 6.45) is 3.48. The molecular weight excluding hydrogens is 315 g/mol. The van der Waals surface area contributed by atoms with Crippen molar-refractivity contribution in [3.8, 4) is 0 Å². The van der Waals surface area contributed by atoms with Gasteiger partial charge in [0.25, 0.3) is 0 Å². The largest absolute Gasteiger partial charge is 0.256 e. The summed E-state index contributed by atoms with van der Waals surface area (Å²) in [6, 6.07) is 11.8. The molecular formula is C17H19FN2O2S. The number of nitrogens with zero attached hydrogens (tertiary/aromatic N) is 2. The van der Waals surface area contributed by atoms with Gasteiger partial charge in [0.15, 0.2) is 0 Å². The topological polar surface area (TPSA) is 50.3 Å². The predicted molar refractivity (Wildman–Crippen MR) is 87.0 cm³/mol. The van der Waals surface area contributed by atoms with E-state index in [-0.39, 0.29) is 11.9 Å². The van der Waals surface area contributed by atoms with Crippen molar-refractivity contribution in [2.45, 2.75) is 25.3 Å². The van der Waals surface area contributed by atoms with Crippen molar-refractivity contribution in [2.75, 3.05) is 12.8 Å². The Balaban J connectivity index is 1.83. The van der Waals surface area contributed by atoms with Crippen LogP contribution in [0.1, 0.15) is 35.8 Å². The van der Waals surface area contributed by atoms with E-state index in [1.807, 2.05) is 18.2 Å². The summed E-state index contributed by atoms with van der Waals surface area (Å²) in [5.74, 6) is -0.259. The summed E-state index contributed by atoms with van der Waals surface area (Å²) in [6.45, 7) is 0.549. The van der Waals surface area contributed by atoms with Crippen LogP contribution < -0.4 is 0 Å². The maximum Gasteiger partial charge on any atom is 0.211 e. The quantitative estimate of drug-likeness (QED) is 0.864. The highest BCUT2D eigenvalue weighted by atomic mass is 32.2. The molecule has 1 aromatic heterocycles. The zero-order chi connectivity index (χ0) is 16.4. The lowest BCUT2D eigenvalue weighted by Crippen LogP contribution is -2.30. The number of sulfonamides is 1. The summed E-state index contributed by atoms with van der Waals surface area (Å²) in [4.78, 5) is 4.64. The van der Waals surface area contributed by atoms with Gasteiger partial charge in [-0.05, 0) is 42.7 Å². The first kappa shape index (κ1) is 16.1. The average molecular weight is 334 g/mol. The molecule has 4 nitrogen and oxygen atoms in total. The molecule has 1 atom stereocenters. The monoisotopic (exact) mass is 334 g/mol. The highest BCUT2D eigenvalue weighted by Crippen LogP contribution is 2.32. The molecule has 1 fully saturated rings. The average Bonchev–Trinajstić information content (AvgIpc) is 3.00. The van der Waals surface area contributed by atoms with Crippen molar-refractivity contribution in [3.05, 3.63) is 65.2 Å². The maximum atomic E-state index is 13.0. The summed E-state index contributed by atoms with van der Waals surface area (Å²) in [7, 11) is -3.22. The van der Waals surface area contributed by atoms with E-state index in [1.165, 1.54) is 22.7 Å². The number of aromatic nitrogens is 1. The van der Waals surface area contributed by atoms with Crippen LogP contribution in [0.25, 0.3) is 0 Å². The van der Waals surface area contributed by atoms with Crippen molar-refractivity contribution >= 4 is 10.0 Å². The van der Waals surface area contributed by atoms with Gasteiger partial charge >= 0.3 is 0 Å². The molecule has 3 rings (SSSR count). The van der Waals surface area contributed by atoms with Gasteiger partial charge in [-0.25, -0.2) is 12.8 Å². The number of benzene rings is 1. The fraction of sp³-hybridized carbons (Fsp3) is 0.353. The second-order valence-electron chi connectivity index (χ2n) is 5.89. The standard InChI is InChI=1S/C17H19FN2O2S/c1-23(21,22)20-11-3-6-17(20)16-5-2-4-15(19-16)12-13-7-9-14(18)10-8-13/h2,4-5,7-10,17H,3,6,11-12H2,1H3. The van der Waals surface area contributed by atoms with Crippen LogP contribution in [0.2, 0.25) is 0 Å². The van der Waals surface area contributed by atoms with Gasteiger partial charge in [0.1, 0.15) is 5.82 Å². The Morgan fingerprint density at radius 2 is 1.96 bits per heavy atom. The van der Waals surface area contributed by atoms with Gasteiger partial charge in [-0.2, -0.15) is 4.31 Å². The van der Waals surface area contributed by atoms with Gasteiger partial charge in [-0.15, -0.1) is 0 Å². The van der Waals surface area contributed by atoms with Crippen molar-refractivity contribution in [1.82, 2.24) is 9.29 Å². The van der Waals surface area contributed by atoms with E-state index >= 15 is 0 Å². The fourth-order valence-corrected chi connectivity index (χ4v) is 4.16. The Hall–Kier alpha value is -1.79. The molecule has 2 heterocycles. The third kappa shape index (κ3) is 3.76. The molecule has 1 unspecified atom stereocenters. The first-order chi connectivity index (χ1) is 10.9. The number of hydrogen-bond acceptors (Lipinski definition) is 3. The zero-order valence-corrected chi connectivity index (χ0v) is 13.8. The van der Waals surface area contributed by atoms with E-state index in [0.29, 0.717) is 13.0 Å².